The third-order valence-corrected chi connectivity index (χ3v) is 3.06. The normalized spacial score (nSPS) is 10.1. The van der Waals surface area contributed by atoms with Gasteiger partial charge in [-0.15, -0.1) is 0 Å². The topological polar surface area (TPSA) is 47.0 Å². The largest absolute Gasteiger partial charge is 0.436 e. The van der Waals surface area contributed by atoms with Gasteiger partial charge in [-0.3, -0.25) is 0 Å². The molecule has 0 spiro atoms. The van der Waals surface area contributed by atoms with Gasteiger partial charge in [-0.2, -0.15) is 0 Å². The molecule has 1 heterocycles. The first-order valence-corrected chi connectivity index (χ1v) is 6.00. The fraction of sp³-hybridized carbons (Fsp3) is 0.0909. The van der Waals surface area contributed by atoms with E-state index in [-0.39, 0.29) is 0 Å². The van der Waals surface area contributed by atoms with Crippen LogP contribution in [0.1, 0.15) is 0 Å². The Morgan fingerprint density at radius 1 is 1.29 bits per heavy atom. The maximum atomic E-state index is 6.00. The van der Waals surface area contributed by atoms with Gasteiger partial charge >= 0.3 is 0 Å². The Labute approximate surface area is 112 Å². The van der Waals surface area contributed by atoms with Crippen LogP contribution in [0.15, 0.2) is 35.1 Å². The van der Waals surface area contributed by atoms with Gasteiger partial charge in [0.1, 0.15) is 22.4 Å². The van der Waals surface area contributed by atoms with E-state index in [4.69, 9.17) is 16.3 Å². The van der Waals surface area contributed by atoms with Crippen molar-refractivity contribution in [3.63, 3.8) is 0 Å². The van der Waals surface area contributed by atoms with Crippen LogP contribution in [-0.4, -0.2) is 17.0 Å². The van der Waals surface area contributed by atoms with Crippen LogP contribution in [0.3, 0.4) is 0 Å². The summed E-state index contributed by atoms with van der Waals surface area (Å²) in [6.45, 7) is 0. The van der Waals surface area contributed by atoms with Gasteiger partial charge in [-0.25, -0.2) is 9.97 Å². The molecule has 0 amide bonds. The molecule has 0 radical (unpaired) electrons. The minimum Gasteiger partial charge on any atom is -0.436 e. The van der Waals surface area contributed by atoms with E-state index in [0.29, 0.717) is 26.9 Å². The minimum absolute atomic E-state index is 0.414. The predicted molar refractivity (Wildman–Crippen MR) is 70.8 cm³/mol. The molecule has 0 aliphatic heterocycles. The molecular formula is C11H9BrClN3O. The second-order valence-corrected chi connectivity index (χ2v) is 4.32. The lowest BCUT2D eigenvalue weighted by molar-refractivity contribution is 0.459. The number of rotatable bonds is 3. The van der Waals surface area contributed by atoms with Crippen molar-refractivity contribution < 1.29 is 4.74 Å². The van der Waals surface area contributed by atoms with Crippen molar-refractivity contribution in [1.82, 2.24) is 9.97 Å². The molecule has 0 aliphatic rings. The van der Waals surface area contributed by atoms with E-state index >= 15 is 0 Å². The molecule has 4 nitrogen and oxygen atoms in total. The Bertz CT molecular complexity index is 536. The zero-order valence-corrected chi connectivity index (χ0v) is 11.3. The summed E-state index contributed by atoms with van der Waals surface area (Å²) in [4.78, 5) is 8.08. The number of nitrogens with zero attached hydrogens (tertiary/aromatic N) is 2. The predicted octanol–water partition coefficient (Wildman–Crippen LogP) is 3.73. The van der Waals surface area contributed by atoms with Crippen molar-refractivity contribution in [2.24, 2.45) is 0 Å². The Morgan fingerprint density at radius 2 is 2.06 bits per heavy atom. The monoisotopic (exact) mass is 313 g/mol. The summed E-state index contributed by atoms with van der Waals surface area (Å²) in [5.74, 6) is 1.62. The Balaban J connectivity index is 2.34. The summed E-state index contributed by atoms with van der Waals surface area (Å²) >= 11 is 9.37. The number of halogens is 2. The van der Waals surface area contributed by atoms with Crippen molar-refractivity contribution in [3.05, 3.63) is 40.1 Å². The lowest BCUT2D eigenvalue weighted by Crippen LogP contribution is -1.97. The van der Waals surface area contributed by atoms with E-state index in [2.05, 4.69) is 31.2 Å². The van der Waals surface area contributed by atoms with E-state index < -0.39 is 0 Å². The number of nitrogens with one attached hydrogen (secondary N) is 1. The van der Waals surface area contributed by atoms with Crippen molar-refractivity contribution >= 4 is 33.3 Å². The molecule has 1 aromatic carbocycles. The highest BCUT2D eigenvalue weighted by molar-refractivity contribution is 9.10. The Hall–Kier alpha value is -1.33. The summed E-state index contributed by atoms with van der Waals surface area (Å²) in [6.07, 6.45) is 1.42. The highest BCUT2D eigenvalue weighted by Crippen LogP contribution is 2.34. The standard InChI is InChI=1S/C11H9BrClN3O/c1-14-10-9(12)11(16-6-15-10)17-8-5-3-2-4-7(8)13/h2-6H,1H3,(H,14,15,16). The van der Waals surface area contributed by atoms with Gasteiger partial charge in [0.05, 0.1) is 5.02 Å². The van der Waals surface area contributed by atoms with E-state index in [1.165, 1.54) is 6.33 Å². The number of benzene rings is 1. The lowest BCUT2D eigenvalue weighted by atomic mass is 10.3. The second kappa shape index (κ2) is 5.33. The van der Waals surface area contributed by atoms with Crippen molar-refractivity contribution in [3.8, 4) is 11.6 Å². The van der Waals surface area contributed by atoms with Crippen molar-refractivity contribution in [1.29, 1.82) is 0 Å². The molecule has 17 heavy (non-hydrogen) atoms. The van der Waals surface area contributed by atoms with Gasteiger partial charge in [0, 0.05) is 7.05 Å². The molecule has 1 N–H and O–H groups in total. The third-order valence-electron chi connectivity index (χ3n) is 2.04. The Kier molecular flexibility index (Phi) is 3.81. The van der Waals surface area contributed by atoms with E-state index in [9.17, 15) is 0 Å². The van der Waals surface area contributed by atoms with Crippen molar-refractivity contribution in [2.45, 2.75) is 0 Å². The molecule has 2 rings (SSSR count). The average molecular weight is 315 g/mol. The third kappa shape index (κ3) is 2.68. The first kappa shape index (κ1) is 12.1. The molecule has 0 fully saturated rings. The van der Waals surface area contributed by atoms with Crippen LogP contribution >= 0.6 is 27.5 Å². The SMILES string of the molecule is CNc1ncnc(Oc2ccccc2Cl)c1Br. The molecule has 6 heteroatoms. The van der Waals surface area contributed by atoms with Crippen molar-refractivity contribution in [2.75, 3.05) is 12.4 Å². The first-order chi connectivity index (χ1) is 8.22. The summed E-state index contributed by atoms with van der Waals surface area (Å²) in [6, 6.07) is 7.21. The van der Waals surface area contributed by atoms with E-state index in [1.807, 2.05) is 12.1 Å². The number of aromatic nitrogens is 2. The van der Waals surface area contributed by atoms with Crippen LogP contribution in [0.2, 0.25) is 5.02 Å². The summed E-state index contributed by atoms with van der Waals surface area (Å²) in [5.41, 5.74) is 0. The van der Waals surface area contributed by atoms with Crippen LogP contribution in [0.5, 0.6) is 11.6 Å². The smallest absolute Gasteiger partial charge is 0.238 e. The highest BCUT2D eigenvalue weighted by Gasteiger charge is 2.10. The van der Waals surface area contributed by atoms with E-state index in [0.717, 1.165) is 0 Å². The highest BCUT2D eigenvalue weighted by atomic mass is 79.9. The number of hydrogen-bond donors (Lipinski definition) is 1. The molecule has 88 valence electrons. The fourth-order valence-corrected chi connectivity index (χ4v) is 1.89. The average Bonchev–Trinajstić information content (AvgIpc) is 2.34. The van der Waals surface area contributed by atoms with Crippen LogP contribution < -0.4 is 10.1 Å². The number of anilines is 1. The second-order valence-electron chi connectivity index (χ2n) is 3.12. The van der Waals surface area contributed by atoms with Gasteiger partial charge in [0.25, 0.3) is 0 Å². The Morgan fingerprint density at radius 3 is 2.76 bits per heavy atom. The van der Waals surface area contributed by atoms with Crippen LogP contribution in [0, 0.1) is 0 Å². The molecular weight excluding hydrogens is 305 g/mol. The maximum Gasteiger partial charge on any atom is 0.238 e. The summed E-state index contributed by atoms with van der Waals surface area (Å²) in [5, 5.41) is 3.46. The maximum absolute atomic E-state index is 6.00. The molecule has 0 bridgehead atoms. The number of para-hydroxylation sites is 1. The molecule has 0 saturated heterocycles. The summed E-state index contributed by atoms with van der Waals surface area (Å²) < 4.78 is 6.27. The molecule has 0 atom stereocenters. The molecule has 1 aromatic heterocycles. The number of ether oxygens (including phenoxy) is 1. The molecule has 0 aliphatic carbocycles. The molecule has 0 saturated carbocycles. The summed E-state index contributed by atoms with van der Waals surface area (Å²) in [7, 11) is 1.77. The first-order valence-electron chi connectivity index (χ1n) is 4.83. The minimum atomic E-state index is 0.414. The van der Waals surface area contributed by atoms with Crippen LogP contribution in [0.4, 0.5) is 5.82 Å². The fourth-order valence-electron chi connectivity index (χ4n) is 1.23. The lowest BCUT2D eigenvalue weighted by Gasteiger charge is -2.09. The number of hydrogen-bond acceptors (Lipinski definition) is 4. The van der Waals surface area contributed by atoms with Gasteiger partial charge in [-0.05, 0) is 28.1 Å². The zero-order valence-electron chi connectivity index (χ0n) is 8.95. The zero-order chi connectivity index (χ0) is 12.3. The van der Waals surface area contributed by atoms with Gasteiger partial charge in [-0.1, -0.05) is 23.7 Å². The quantitative estimate of drug-likeness (QED) is 0.938. The van der Waals surface area contributed by atoms with Gasteiger partial charge < -0.3 is 10.1 Å². The van der Waals surface area contributed by atoms with E-state index in [1.54, 1.807) is 19.2 Å². The van der Waals surface area contributed by atoms with Crippen LogP contribution in [-0.2, 0) is 0 Å². The van der Waals surface area contributed by atoms with Gasteiger partial charge in [0.2, 0.25) is 5.88 Å². The van der Waals surface area contributed by atoms with Gasteiger partial charge in [0.15, 0.2) is 0 Å². The molecule has 0 unspecified atom stereocenters. The van der Waals surface area contributed by atoms with Crippen LogP contribution in [0.25, 0.3) is 0 Å². The molecule has 2 aromatic rings.